The van der Waals surface area contributed by atoms with Crippen molar-refractivity contribution in [3.05, 3.63) is 35.4 Å². The first kappa shape index (κ1) is 17.4. The van der Waals surface area contributed by atoms with Gasteiger partial charge in [0.05, 0.1) is 10.4 Å². The summed E-state index contributed by atoms with van der Waals surface area (Å²) < 4.78 is 0. The lowest BCUT2D eigenvalue weighted by Gasteiger charge is -2.20. The van der Waals surface area contributed by atoms with Gasteiger partial charge in [0.15, 0.2) is 10.8 Å². The van der Waals surface area contributed by atoms with Crippen molar-refractivity contribution in [2.45, 2.75) is 29.8 Å². The molecule has 6 rings (SSSR count). The van der Waals surface area contributed by atoms with Gasteiger partial charge in [0.25, 0.3) is 0 Å². The van der Waals surface area contributed by atoms with E-state index in [-0.39, 0.29) is 0 Å². The van der Waals surface area contributed by atoms with E-state index in [0.29, 0.717) is 10.8 Å². The van der Waals surface area contributed by atoms with E-state index in [1.807, 2.05) is 6.07 Å². The zero-order chi connectivity index (χ0) is 19.5. The van der Waals surface area contributed by atoms with Gasteiger partial charge in [0, 0.05) is 42.3 Å². The Morgan fingerprint density at radius 2 is 2.00 bits per heavy atom. The van der Waals surface area contributed by atoms with Gasteiger partial charge in [-0.15, -0.1) is 0 Å². The normalized spacial score (nSPS) is 20.6. The molecule has 1 aliphatic carbocycles. The van der Waals surface area contributed by atoms with Gasteiger partial charge in [-0.05, 0) is 42.5 Å². The highest BCUT2D eigenvalue weighted by Gasteiger charge is 2.46. The number of nitrogens with one attached hydrogen (secondary N) is 1. The van der Waals surface area contributed by atoms with Crippen molar-refractivity contribution in [3.63, 3.8) is 0 Å². The Labute approximate surface area is 176 Å². The maximum atomic E-state index is 6.70. The van der Waals surface area contributed by atoms with Crippen LogP contribution in [0.1, 0.15) is 19.0 Å². The third-order valence-corrected chi connectivity index (χ3v) is 7.00. The number of nitrogens with zero attached hydrogens (tertiary/aromatic N) is 6. The first-order valence-electron chi connectivity index (χ1n) is 9.77. The van der Waals surface area contributed by atoms with Crippen LogP contribution in [0.3, 0.4) is 0 Å². The molecule has 1 saturated carbocycles. The van der Waals surface area contributed by atoms with Gasteiger partial charge >= 0.3 is 0 Å². The van der Waals surface area contributed by atoms with Crippen molar-refractivity contribution in [1.29, 1.82) is 0 Å². The predicted octanol–water partition coefficient (Wildman–Crippen LogP) is 4.12. The smallest absolute Gasteiger partial charge is 0.196 e. The molecule has 7 nitrogen and oxygen atoms in total. The summed E-state index contributed by atoms with van der Waals surface area (Å²) in [5.41, 5.74) is 3.20. The molecule has 2 aliphatic rings. The minimum Gasteiger partial charge on any atom is -0.355 e. The lowest BCUT2D eigenvalue weighted by atomic mass is 10.3. The number of aromatic amines is 1. The average molecular weight is 424 g/mol. The first-order chi connectivity index (χ1) is 14.2. The number of fused-ring (bicyclic) bond motifs is 3. The van der Waals surface area contributed by atoms with Crippen LogP contribution in [0.4, 0.5) is 5.82 Å². The molecule has 146 valence electrons. The Kier molecular flexibility index (Phi) is 3.92. The zero-order valence-corrected chi connectivity index (χ0v) is 17.3. The first-order valence-corrected chi connectivity index (χ1v) is 11.0. The zero-order valence-electron chi connectivity index (χ0n) is 15.8. The second-order valence-corrected chi connectivity index (χ2v) is 9.08. The molecule has 1 N–H and O–H groups in total. The number of hydrogen-bond donors (Lipinski definition) is 1. The van der Waals surface area contributed by atoms with Gasteiger partial charge in [0.2, 0.25) is 0 Å². The summed E-state index contributed by atoms with van der Waals surface area (Å²) in [5.74, 6) is 2.56. The van der Waals surface area contributed by atoms with Crippen LogP contribution >= 0.6 is 23.4 Å². The number of anilines is 1. The van der Waals surface area contributed by atoms with Crippen molar-refractivity contribution >= 4 is 51.4 Å². The van der Waals surface area contributed by atoms with E-state index in [2.05, 4.69) is 31.8 Å². The fraction of sp³-hybridized carbons (Fsp3) is 0.350. The van der Waals surface area contributed by atoms with Crippen LogP contribution in [-0.4, -0.2) is 43.0 Å². The SMILES string of the molecule is CCc1[nH]c2nc(Sc3cnc4nccnc4c3)nc(N3C[C@H]4C[C@H]4C3)c2c1Cl. The number of halogens is 1. The van der Waals surface area contributed by atoms with Crippen molar-refractivity contribution in [3.8, 4) is 0 Å². The lowest BCUT2D eigenvalue weighted by Crippen LogP contribution is -2.23. The summed E-state index contributed by atoms with van der Waals surface area (Å²) in [4.78, 5) is 29.4. The van der Waals surface area contributed by atoms with Crippen LogP contribution < -0.4 is 4.90 Å². The Balaban J connectivity index is 1.44. The molecule has 0 amide bonds. The molecule has 0 aromatic carbocycles. The maximum Gasteiger partial charge on any atom is 0.196 e. The quantitative estimate of drug-likeness (QED) is 0.494. The Bertz CT molecular complexity index is 1250. The van der Waals surface area contributed by atoms with E-state index < -0.39 is 0 Å². The van der Waals surface area contributed by atoms with E-state index in [4.69, 9.17) is 21.6 Å². The predicted molar refractivity (Wildman–Crippen MR) is 114 cm³/mol. The molecule has 5 heterocycles. The van der Waals surface area contributed by atoms with Crippen LogP contribution in [0.2, 0.25) is 5.02 Å². The van der Waals surface area contributed by atoms with E-state index in [1.165, 1.54) is 18.2 Å². The van der Waals surface area contributed by atoms with E-state index in [9.17, 15) is 0 Å². The molecule has 1 saturated heterocycles. The summed E-state index contributed by atoms with van der Waals surface area (Å²) in [6.07, 6.45) is 7.28. The minimum atomic E-state index is 0.633. The molecule has 0 spiro atoms. The summed E-state index contributed by atoms with van der Waals surface area (Å²) in [5, 5.41) is 2.37. The summed E-state index contributed by atoms with van der Waals surface area (Å²) in [6, 6.07) is 1.97. The van der Waals surface area contributed by atoms with Crippen LogP contribution in [-0.2, 0) is 6.42 Å². The molecular formula is C20H18ClN7S. The van der Waals surface area contributed by atoms with Gasteiger partial charge in [-0.3, -0.25) is 4.98 Å². The van der Waals surface area contributed by atoms with Crippen LogP contribution in [0.15, 0.2) is 34.7 Å². The lowest BCUT2D eigenvalue weighted by molar-refractivity contribution is 0.796. The molecule has 2 atom stereocenters. The molecule has 0 bridgehead atoms. The van der Waals surface area contributed by atoms with Crippen molar-refractivity contribution in [1.82, 2.24) is 29.9 Å². The Hall–Kier alpha value is -2.45. The number of rotatable bonds is 4. The number of aryl methyl sites for hydroxylation is 1. The van der Waals surface area contributed by atoms with Crippen molar-refractivity contribution < 1.29 is 0 Å². The summed E-state index contributed by atoms with van der Waals surface area (Å²) >= 11 is 8.18. The monoisotopic (exact) mass is 423 g/mol. The van der Waals surface area contributed by atoms with Crippen molar-refractivity contribution in [2.24, 2.45) is 11.8 Å². The van der Waals surface area contributed by atoms with Gasteiger partial charge in [0.1, 0.15) is 17.0 Å². The van der Waals surface area contributed by atoms with Crippen LogP contribution in [0, 0.1) is 11.8 Å². The summed E-state index contributed by atoms with van der Waals surface area (Å²) in [6.45, 7) is 4.19. The molecule has 29 heavy (non-hydrogen) atoms. The standard InChI is InChI=1S/C20H18ClN7S/c1-2-13-16(21)15-18(25-13)26-20(27-19(15)28-8-10-5-11(10)9-28)29-12-6-14-17(24-7-12)23-4-3-22-14/h3-4,6-7,10-11H,2,5,8-9H2,1H3,(H,25,26,27)/t10-,11+. The van der Waals surface area contributed by atoms with Gasteiger partial charge in [-0.2, -0.15) is 0 Å². The topological polar surface area (TPSA) is 83.5 Å². The highest BCUT2D eigenvalue weighted by molar-refractivity contribution is 7.99. The second-order valence-electron chi connectivity index (χ2n) is 7.66. The average Bonchev–Trinajstić information content (AvgIpc) is 3.21. The highest BCUT2D eigenvalue weighted by Crippen LogP contribution is 2.48. The molecule has 9 heteroatoms. The molecule has 0 unspecified atom stereocenters. The number of pyridine rings is 1. The minimum absolute atomic E-state index is 0.633. The van der Waals surface area contributed by atoms with Crippen LogP contribution in [0.25, 0.3) is 22.2 Å². The van der Waals surface area contributed by atoms with E-state index in [0.717, 1.165) is 69.3 Å². The number of aromatic nitrogens is 6. The van der Waals surface area contributed by atoms with Crippen LogP contribution in [0.5, 0.6) is 0 Å². The molecular weight excluding hydrogens is 406 g/mol. The molecule has 4 aromatic heterocycles. The fourth-order valence-corrected chi connectivity index (χ4v) is 5.27. The number of piperidine rings is 1. The second kappa shape index (κ2) is 6.53. The number of H-pyrrole nitrogens is 1. The molecule has 1 aliphatic heterocycles. The highest BCUT2D eigenvalue weighted by atomic mass is 35.5. The molecule has 0 radical (unpaired) electrons. The molecule has 2 fully saturated rings. The Morgan fingerprint density at radius 1 is 1.17 bits per heavy atom. The fourth-order valence-electron chi connectivity index (χ4n) is 4.16. The third-order valence-electron chi connectivity index (χ3n) is 5.76. The number of hydrogen-bond acceptors (Lipinski definition) is 7. The Morgan fingerprint density at radius 3 is 2.83 bits per heavy atom. The van der Waals surface area contributed by atoms with E-state index >= 15 is 0 Å². The van der Waals surface area contributed by atoms with Gasteiger partial charge in [-0.25, -0.2) is 19.9 Å². The summed E-state index contributed by atoms with van der Waals surface area (Å²) in [7, 11) is 0. The van der Waals surface area contributed by atoms with Gasteiger partial charge < -0.3 is 9.88 Å². The van der Waals surface area contributed by atoms with Crippen molar-refractivity contribution in [2.75, 3.05) is 18.0 Å². The third kappa shape index (κ3) is 2.93. The van der Waals surface area contributed by atoms with Gasteiger partial charge in [-0.1, -0.05) is 18.5 Å². The van der Waals surface area contributed by atoms with E-state index in [1.54, 1.807) is 18.6 Å². The molecule has 4 aromatic rings. The maximum absolute atomic E-state index is 6.70. The largest absolute Gasteiger partial charge is 0.355 e.